The number of pyridine rings is 2. The van der Waals surface area contributed by atoms with Crippen LogP contribution in [0.4, 0.5) is 5.82 Å². The van der Waals surface area contributed by atoms with Crippen molar-refractivity contribution in [3.05, 3.63) is 77.2 Å². The molecular weight excluding hydrogens is 458 g/mol. The van der Waals surface area contributed by atoms with Crippen LogP contribution in [0.15, 0.2) is 54.9 Å². The summed E-state index contributed by atoms with van der Waals surface area (Å²) in [5, 5.41) is 5.73. The molecule has 5 rings (SSSR count). The molecule has 9 nitrogen and oxygen atoms in total. The van der Waals surface area contributed by atoms with Gasteiger partial charge in [0.05, 0.1) is 18.8 Å². The van der Waals surface area contributed by atoms with Gasteiger partial charge in [-0.15, -0.1) is 0 Å². The number of morpholine rings is 1. The number of ether oxygens (including phenoxy) is 2. The number of nitrogens with one attached hydrogen (secondary N) is 2. The van der Waals surface area contributed by atoms with E-state index in [9.17, 15) is 9.59 Å². The molecule has 0 bridgehead atoms. The SMILES string of the molecule is CNC(=O)c1cc(Oc2ccc3c(c2)CC(NC(=O)c2ccc(N4CCOCC4)nc2)CC3)ccn1. The number of hydrogen-bond donors (Lipinski definition) is 2. The number of anilines is 1. The van der Waals surface area contributed by atoms with Gasteiger partial charge in [0, 0.05) is 44.6 Å². The Morgan fingerprint density at radius 2 is 1.83 bits per heavy atom. The van der Waals surface area contributed by atoms with Crippen LogP contribution < -0.4 is 20.3 Å². The number of nitrogens with zero attached hydrogens (tertiary/aromatic N) is 3. The maximum atomic E-state index is 12.9. The highest BCUT2D eigenvalue weighted by Crippen LogP contribution is 2.29. The topological polar surface area (TPSA) is 106 Å². The molecule has 2 aromatic heterocycles. The molecule has 3 aromatic rings. The summed E-state index contributed by atoms with van der Waals surface area (Å²) in [4.78, 5) is 35.5. The number of rotatable bonds is 6. The number of carbonyl (C=O) groups is 2. The Hall–Kier alpha value is -3.98. The van der Waals surface area contributed by atoms with E-state index in [1.807, 2.05) is 24.3 Å². The van der Waals surface area contributed by atoms with Crippen molar-refractivity contribution in [1.82, 2.24) is 20.6 Å². The number of aryl methyl sites for hydroxylation is 1. The molecule has 9 heteroatoms. The molecule has 2 amide bonds. The molecule has 1 atom stereocenters. The van der Waals surface area contributed by atoms with E-state index in [1.54, 1.807) is 31.6 Å². The molecule has 1 fully saturated rings. The Kier molecular flexibility index (Phi) is 7.08. The van der Waals surface area contributed by atoms with E-state index in [0.717, 1.165) is 43.7 Å². The van der Waals surface area contributed by atoms with Gasteiger partial charge in [0.25, 0.3) is 11.8 Å². The van der Waals surface area contributed by atoms with Crippen molar-refractivity contribution in [2.75, 3.05) is 38.3 Å². The Morgan fingerprint density at radius 1 is 1.00 bits per heavy atom. The summed E-state index contributed by atoms with van der Waals surface area (Å²) in [7, 11) is 1.56. The van der Waals surface area contributed by atoms with Crippen molar-refractivity contribution in [3.63, 3.8) is 0 Å². The summed E-state index contributed by atoms with van der Waals surface area (Å²) in [5.74, 6) is 1.70. The summed E-state index contributed by atoms with van der Waals surface area (Å²) in [5.41, 5.74) is 3.25. The largest absolute Gasteiger partial charge is 0.457 e. The van der Waals surface area contributed by atoms with Crippen LogP contribution in [0.2, 0.25) is 0 Å². The Bertz CT molecular complexity index is 1240. The first-order valence-corrected chi connectivity index (χ1v) is 12.2. The van der Waals surface area contributed by atoms with Gasteiger partial charge >= 0.3 is 0 Å². The van der Waals surface area contributed by atoms with Crippen molar-refractivity contribution in [2.24, 2.45) is 0 Å². The minimum Gasteiger partial charge on any atom is -0.457 e. The molecule has 1 unspecified atom stereocenters. The van der Waals surface area contributed by atoms with Gasteiger partial charge in [-0.2, -0.15) is 0 Å². The molecule has 0 radical (unpaired) electrons. The lowest BCUT2D eigenvalue weighted by atomic mass is 9.88. The third-order valence-corrected chi connectivity index (χ3v) is 6.51. The quantitative estimate of drug-likeness (QED) is 0.551. The van der Waals surface area contributed by atoms with Crippen LogP contribution in [-0.2, 0) is 17.6 Å². The van der Waals surface area contributed by atoms with Crippen molar-refractivity contribution in [3.8, 4) is 11.5 Å². The fourth-order valence-corrected chi connectivity index (χ4v) is 4.55. The standard InChI is InChI=1S/C27H29N5O4/c1-28-27(34)24-16-23(8-9-29-24)36-22-6-3-18-2-5-21(14-20(18)15-22)31-26(33)19-4-7-25(30-17-19)32-10-12-35-13-11-32/h3-4,6-9,15-17,21H,2,5,10-14H2,1H3,(H,28,34)(H,31,33). The molecule has 186 valence electrons. The van der Waals surface area contributed by atoms with Gasteiger partial charge in [-0.05, 0) is 60.7 Å². The number of aromatic nitrogens is 2. The molecule has 36 heavy (non-hydrogen) atoms. The van der Waals surface area contributed by atoms with Crippen LogP contribution in [0.3, 0.4) is 0 Å². The zero-order chi connectivity index (χ0) is 24.9. The minimum atomic E-state index is -0.268. The number of hydrogen-bond acceptors (Lipinski definition) is 7. The van der Waals surface area contributed by atoms with Crippen molar-refractivity contribution >= 4 is 17.6 Å². The predicted molar refractivity (Wildman–Crippen MR) is 135 cm³/mol. The molecule has 2 aliphatic rings. The zero-order valence-electron chi connectivity index (χ0n) is 20.2. The maximum absolute atomic E-state index is 12.9. The lowest BCUT2D eigenvalue weighted by Gasteiger charge is -2.28. The second-order valence-corrected chi connectivity index (χ2v) is 8.91. The van der Waals surface area contributed by atoms with Crippen LogP contribution in [-0.4, -0.2) is 61.2 Å². The van der Waals surface area contributed by atoms with E-state index < -0.39 is 0 Å². The number of amides is 2. The molecule has 1 aromatic carbocycles. The smallest absolute Gasteiger partial charge is 0.269 e. The third-order valence-electron chi connectivity index (χ3n) is 6.51. The number of fused-ring (bicyclic) bond motifs is 1. The summed E-state index contributed by atoms with van der Waals surface area (Å²) in [6.07, 6.45) is 5.66. The molecule has 3 heterocycles. The van der Waals surface area contributed by atoms with Crippen molar-refractivity contribution in [1.29, 1.82) is 0 Å². The summed E-state index contributed by atoms with van der Waals surface area (Å²) in [6.45, 7) is 3.00. The van der Waals surface area contributed by atoms with Gasteiger partial charge in [-0.25, -0.2) is 4.98 Å². The van der Waals surface area contributed by atoms with Crippen LogP contribution in [0.1, 0.15) is 38.4 Å². The predicted octanol–water partition coefficient (Wildman–Crippen LogP) is 2.75. The third kappa shape index (κ3) is 5.46. The zero-order valence-corrected chi connectivity index (χ0v) is 20.2. The van der Waals surface area contributed by atoms with Crippen LogP contribution in [0.25, 0.3) is 0 Å². The van der Waals surface area contributed by atoms with E-state index in [2.05, 4.69) is 31.6 Å². The molecule has 1 aliphatic heterocycles. The molecule has 0 saturated carbocycles. The average molecular weight is 488 g/mol. The molecule has 1 saturated heterocycles. The summed E-state index contributed by atoms with van der Waals surface area (Å²) >= 11 is 0. The lowest BCUT2D eigenvalue weighted by molar-refractivity contribution is 0.0930. The van der Waals surface area contributed by atoms with Crippen LogP contribution in [0, 0.1) is 0 Å². The molecule has 2 N–H and O–H groups in total. The van der Waals surface area contributed by atoms with E-state index in [-0.39, 0.29) is 17.9 Å². The Labute approximate surface area is 209 Å². The van der Waals surface area contributed by atoms with E-state index in [0.29, 0.717) is 36.0 Å². The van der Waals surface area contributed by atoms with Gasteiger partial charge in [-0.1, -0.05) is 6.07 Å². The van der Waals surface area contributed by atoms with Gasteiger partial charge in [0.15, 0.2) is 0 Å². The first-order valence-electron chi connectivity index (χ1n) is 12.2. The second kappa shape index (κ2) is 10.7. The fraction of sp³-hybridized carbons (Fsp3) is 0.333. The van der Waals surface area contributed by atoms with E-state index in [4.69, 9.17) is 9.47 Å². The normalized spacial score (nSPS) is 17.1. The first kappa shape index (κ1) is 23.7. The molecule has 1 aliphatic carbocycles. The summed E-state index contributed by atoms with van der Waals surface area (Å²) < 4.78 is 11.4. The fourth-order valence-electron chi connectivity index (χ4n) is 4.55. The van der Waals surface area contributed by atoms with Gasteiger partial charge in [0.2, 0.25) is 0 Å². The number of benzene rings is 1. The van der Waals surface area contributed by atoms with Gasteiger partial charge in [-0.3, -0.25) is 14.6 Å². The first-order chi connectivity index (χ1) is 17.6. The van der Waals surface area contributed by atoms with E-state index in [1.165, 1.54) is 5.56 Å². The lowest BCUT2D eigenvalue weighted by Crippen LogP contribution is -2.39. The summed E-state index contributed by atoms with van der Waals surface area (Å²) in [6, 6.07) is 13.1. The average Bonchev–Trinajstić information content (AvgIpc) is 2.93. The highest BCUT2D eigenvalue weighted by molar-refractivity contribution is 5.94. The molecule has 0 spiro atoms. The minimum absolute atomic E-state index is 0.0277. The van der Waals surface area contributed by atoms with Gasteiger partial charge in [0.1, 0.15) is 23.0 Å². The maximum Gasteiger partial charge on any atom is 0.269 e. The van der Waals surface area contributed by atoms with E-state index >= 15 is 0 Å². The van der Waals surface area contributed by atoms with Crippen LogP contribution in [0.5, 0.6) is 11.5 Å². The monoisotopic (exact) mass is 487 g/mol. The molecular formula is C27H29N5O4. The van der Waals surface area contributed by atoms with Crippen molar-refractivity contribution < 1.29 is 19.1 Å². The highest BCUT2D eigenvalue weighted by atomic mass is 16.5. The van der Waals surface area contributed by atoms with Gasteiger partial charge < -0.3 is 25.0 Å². The van der Waals surface area contributed by atoms with Crippen molar-refractivity contribution in [2.45, 2.75) is 25.3 Å². The Morgan fingerprint density at radius 3 is 2.61 bits per heavy atom. The second-order valence-electron chi connectivity index (χ2n) is 8.91. The Balaban J connectivity index is 1.22. The highest BCUT2D eigenvalue weighted by Gasteiger charge is 2.22. The van der Waals surface area contributed by atoms with Crippen LogP contribution >= 0.6 is 0 Å². The number of carbonyl (C=O) groups excluding carboxylic acids is 2.